The van der Waals surface area contributed by atoms with Crippen LogP contribution in [0.5, 0.6) is 11.5 Å². The molecule has 5 rings (SSSR count). The lowest BCUT2D eigenvalue weighted by atomic mass is 9.83. The molecule has 3 aromatic rings. The molecule has 0 aliphatic carbocycles. The lowest BCUT2D eigenvalue weighted by molar-refractivity contribution is -0.119. The highest BCUT2D eigenvalue weighted by molar-refractivity contribution is 6.02. The summed E-state index contributed by atoms with van der Waals surface area (Å²) < 4.78 is 5.34. The number of rotatable bonds is 5. The number of carboxylic acid groups (broad SMARTS) is 1. The van der Waals surface area contributed by atoms with E-state index >= 15 is 0 Å². The number of aromatic hydroxyl groups is 1. The van der Waals surface area contributed by atoms with Crippen molar-refractivity contribution in [3.05, 3.63) is 89.0 Å². The number of methoxy groups -OCH3 is 1. The SMILES string of the molecule is COc1cc(C2C3C(NNC3c3ccc(C)cc3)C(=O)N2c2ccc(C(=O)O)cc2)ccc1O. The highest BCUT2D eigenvalue weighted by Gasteiger charge is 2.56. The van der Waals surface area contributed by atoms with Crippen LogP contribution in [-0.4, -0.2) is 35.2 Å². The topological polar surface area (TPSA) is 111 Å². The Bertz CT molecular complexity index is 1240. The minimum Gasteiger partial charge on any atom is -0.504 e. The highest BCUT2D eigenvalue weighted by atomic mass is 16.5. The van der Waals surface area contributed by atoms with E-state index in [1.54, 1.807) is 35.2 Å². The second kappa shape index (κ2) is 8.48. The van der Waals surface area contributed by atoms with Crippen molar-refractivity contribution in [1.82, 2.24) is 10.9 Å². The summed E-state index contributed by atoms with van der Waals surface area (Å²) in [6.45, 7) is 2.03. The Morgan fingerprint density at radius 2 is 1.59 bits per heavy atom. The first-order chi connectivity index (χ1) is 16.4. The molecule has 2 aliphatic heterocycles. The van der Waals surface area contributed by atoms with Gasteiger partial charge in [0.25, 0.3) is 0 Å². The number of aryl methyl sites for hydroxylation is 1. The summed E-state index contributed by atoms with van der Waals surface area (Å²) in [6.07, 6.45) is 0. The van der Waals surface area contributed by atoms with Crippen molar-refractivity contribution in [3.63, 3.8) is 0 Å². The van der Waals surface area contributed by atoms with Crippen molar-refractivity contribution in [2.24, 2.45) is 5.92 Å². The van der Waals surface area contributed by atoms with Crippen LogP contribution in [0.2, 0.25) is 0 Å². The minimum atomic E-state index is -1.03. The summed E-state index contributed by atoms with van der Waals surface area (Å²) in [7, 11) is 1.48. The number of carboxylic acids is 1. The number of phenols is 1. The number of amides is 1. The second-order valence-electron chi connectivity index (χ2n) is 8.67. The maximum Gasteiger partial charge on any atom is 0.335 e. The average Bonchev–Trinajstić information content (AvgIpc) is 3.39. The number of hydrogen-bond donors (Lipinski definition) is 4. The average molecular weight is 460 g/mol. The fourth-order valence-electron chi connectivity index (χ4n) is 5.00. The molecule has 2 saturated heterocycles. The van der Waals surface area contributed by atoms with Gasteiger partial charge in [-0.15, -0.1) is 0 Å². The third-order valence-corrected chi connectivity index (χ3v) is 6.68. The summed E-state index contributed by atoms with van der Waals surface area (Å²) in [5, 5.41) is 19.4. The smallest absolute Gasteiger partial charge is 0.335 e. The van der Waals surface area contributed by atoms with Crippen LogP contribution in [0.1, 0.15) is 39.1 Å². The van der Waals surface area contributed by atoms with Gasteiger partial charge in [0.15, 0.2) is 11.5 Å². The van der Waals surface area contributed by atoms with Gasteiger partial charge >= 0.3 is 5.97 Å². The van der Waals surface area contributed by atoms with E-state index in [-0.39, 0.29) is 29.2 Å². The zero-order chi connectivity index (χ0) is 24.0. The van der Waals surface area contributed by atoms with Gasteiger partial charge in [0, 0.05) is 11.6 Å². The summed E-state index contributed by atoms with van der Waals surface area (Å²) in [5.74, 6) is -0.986. The first-order valence-electron chi connectivity index (χ1n) is 11.0. The first-order valence-corrected chi connectivity index (χ1v) is 11.0. The number of aromatic carboxylic acids is 1. The Morgan fingerprint density at radius 3 is 2.24 bits per heavy atom. The lowest BCUT2D eigenvalue weighted by Gasteiger charge is -2.31. The number of benzene rings is 3. The van der Waals surface area contributed by atoms with Crippen LogP contribution >= 0.6 is 0 Å². The maximum absolute atomic E-state index is 13.7. The van der Waals surface area contributed by atoms with Gasteiger partial charge in [-0.2, -0.15) is 0 Å². The van der Waals surface area contributed by atoms with Crippen molar-refractivity contribution in [2.75, 3.05) is 12.0 Å². The molecule has 4 N–H and O–H groups in total. The predicted molar refractivity (Wildman–Crippen MR) is 126 cm³/mol. The molecular weight excluding hydrogens is 434 g/mol. The molecule has 0 aromatic heterocycles. The van der Waals surface area contributed by atoms with E-state index in [9.17, 15) is 19.8 Å². The van der Waals surface area contributed by atoms with Gasteiger partial charge in [-0.05, 0) is 54.4 Å². The molecule has 2 heterocycles. The Labute approximate surface area is 196 Å². The van der Waals surface area contributed by atoms with Crippen LogP contribution in [0.25, 0.3) is 0 Å². The maximum atomic E-state index is 13.7. The van der Waals surface area contributed by atoms with E-state index in [2.05, 4.69) is 23.0 Å². The molecule has 8 nitrogen and oxygen atoms in total. The largest absolute Gasteiger partial charge is 0.504 e. The summed E-state index contributed by atoms with van der Waals surface area (Å²) in [4.78, 5) is 26.7. The molecule has 3 aromatic carbocycles. The van der Waals surface area contributed by atoms with Crippen LogP contribution in [0.15, 0.2) is 66.7 Å². The third-order valence-electron chi connectivity index (χ3n) is 6.68. The first kappa shape index (κ1) is 21.9. The van der Waals surface area contributed by atoms with Gasteiger partial charge in [-0.25, -0.2) is 15.6 Å². The fourth-order valence-corrected chi connectivity index (χ4v) is 5.00. The Balaban J connectivity index is 1.63. The predicted octanol–water partition coefficient (Wildman–Crippen LogP) is 3.33. The molecule has 0 saturated carbocycles. The van der Waals surface area contributed by atoms with Crippen LogP contribution in [0, 0.1) is 12.8 Å². The van der Waals surface area contributed by atoms with Gasteiger partial charge in [0.2, 0.25) is 5.91 Å². The van der Waals surface area contributed by atoms with Crippen LogP contribution in [-0.2, 0) is 4.79 Å². The molecule has 0 spiro atoms. The number of anilines is 1. The minimum absolute atomic E-state index is 0.0160. The van der Waals surface area contributed by atoms with Gasteiger partial charge in [-0.1, -0.05) is 35.9 Å². The molecule has 4 unspecified atom stereocenters. The van der Waals surface area contributed by atoms with E-state index in [0.29, 0.717) is 11.4 Å². The van der Waals surface area contributed by atoms with E-state index in [1.165, 1.54) is 19.2 Å². The number of hydrazine groups is 1. The number of ether oxygens (including phenoxy) is 1. The Kier molecular flexibility index (Phi) is 5.47. The number of nitrogens with one attached hydrogen (secondary N) is 2. The lowest BCUT2D eigenvalue weighted by Crippen LogP contribution is -2.41. The van der Waals surface area contributed by atoms with Crippen molar-refractivity contribution in [2.45, 2.75) is 25.0 Å². The number of carbonyl (C=O) groups excluding carboxylic acids is 1. The highest BCUT2D eigenvalue weighted by Crippen LogP contribution is 2.49. The monoisotopic (exact) mass is 459 g/mol. The Hall–Kier alpha value is -3.88. The zero-order valence-electron chi connectivity index (χ0n) is 18.7. The van der Waals surface area contributed by atoms with Crippen molar-refractivity contribution in [3.8, 4) is 11.5 Å². The van der Waals surface area contributed by atoms with E-state index in [4.69, 9.17) is 4.74 Å². The van der Waals surface area contributed by atoms with Crippen LogP contribution in [0.4, 0.5) is 5.69 Å². The molecule has 2 aliphatic rings. The van der Waals surface area contributed by atoms with E-state index in [1.807, 2.05) is 19.1 Å². The van der Waals surface area contributed by atoms with Crippen LogP contribution in [0.3, 0.4) is 0 Å². The molecule has 174 valence electrons. The summed E-state index contributed by atoms with van der Waals surface area (Å²) in [6, 6.07) is 18.6. The van der Waals surface area contributed by atoms with Crippen molar-refractivity contribution < 1.29 is 24.5 Å². The number of hydrogen-bond acceptors (Lipinski definition) is 6. The van der Waals surface area contributed by atoms with Crippen LogP contribution < -0.4 is 20.5 Å². The molecule has 1 amide bonds. The summed E-state index contributed by atoms with van der Waals surface area (Å²) in [5.41, 5.74) is 10.2. The molecule has 0 bridgehead atoms. The zero-order valence-corrected chi connectivity index (χ0v) is 18.7. The standard InChI is InChI=1S/C26H25N3O5/c1-14-3-5-15(6-4-14)22-21-23(28-27-22)25(31)29(18-10-7-16(8-11-18)26(32)33)24(21)17-9-12-19(30)20(13-17)34-2/h3-13,21-24,27-28,30H,1-2H3,(H,32,33). The second-order valence-corrected chi connectivity index (χ2v) is 8.67. The molecule has 34 heavy (non-hydrogen) atoms. The molecule has 8 heteroatoms. The number of carbonyl (C=O) groups is 2. The van der Waals surface area contributed by atoms with Gasteiger partial charge in [0.1, 0.15) is 6.04 Å². The van der Waals surface area contributed by atoms with Crippen molar-refractivity contribution >= 4 is 17.6 Å². The number of fused-ring (bicyclic) bond motifs is 1. The summed E-state index contributed by atoms with van der Waals surface area (Å²) >= 11 is 0. The Morgan fingerprint density at radius 1 is 0.941 bits per heavy atom. The number of phenolic OH excluding ortho intramolecular Hbond substituents is 1. The molecule has 0 radical (unpaired) electrons. The van der Waals surface area contributed by atoms with Crippen molar-refractivity contribution in [1.29, 1.82) is 0 Å². The van der Waals surface area contributed by atoms with E-state index in [0.717, 1.165) is 16.7 Å². The van der Waals surface area contributed by atoms with E-state index < -0.39 is 18.1 Å². The molecule has 2 fully saturated rings. The van der Waals surface area contributed by atoms with Gasteiger partial charge in [0.05, 0.1) is 24.8 Å². The van der Waals surface area contributed by atoms with Gasteiger partial charge in [-0.3, -0.25) is 4.79 Å². The molecule has 4 atom stereocenters. The third kappa shape index (κ3) is 3.57. The normalized spacial score (nSPS) is 23.7. The van der Waals surface area contributed by atoms with Gasteiger partial charge < -0.3 is 19.8 Å². The fraction of sp³-hybridized carbons (Fsp3) is 0.231. The number of nitrogens with zero attached hydrogens (tertiary/aromatic N) is 1. The quantitative estimate of drug-likeness (QED) is 0.463. The molecular formula is C26H25N3O5.